The summed E-state index contributed by atoms with van der Waals surface area (Å²) in [6.45, 7) is 22.6. The highest BCUT2D eigenvalue weighted by atomic mass is 16.7. The van der Waals surface area contributed by atoms with Crippen molar-refractivity contribution < 1.29 is 43.2 Å². The smallest absolute Gasteiger partial charge is 0.329 e. The predicted octanol–water partition coefficient (Wildman–Crippen LogP) is 8.09. The Kier molecular flexibility index (Phi) is 15.7. The maximum atomic E-state index is 14.8. The Labute approximate surface area is 338 Å². The van der Waals surface area contributed by atoms with E-state index in [1.54, 1.807) is 40.1 Å². The van der Waals surface area contributed by atoms with Crippen LogP contribution in [0.2, 0.25) is 0 Å². The van der Waals surface area contributed by atoms with Crippen LogP contribution in [0.3, 0.4) is 0 Å². The molecule has 7 unspecified atom stereocenters. The number of amides is 1. The third-order valence-corrected chi connectivity index (χ3v) is 14.4. The van der Waals surface area contributed by atoms with Crippen LogP contribution in [-0.4, -0.2) is 97.9 Å². The minimum Gasteiger partial charge on any atom is -0.456 e. The molecule has 0 spiro atoms. The fourth-order valence-corrected chi connectivity index (χ4v) is 10.4. The zero-order valence-electron chi connectivity index (χ0n) is 37.3. The molecule has 1 N–H and O–H groups in total. The largest absolute Gasteiger partial charge is 0.456 e. The summed E-state index contributed by atoms with van der Waals surface area (Å²) in [5, 5.41) is 12.6. The molecule has 1 amide bonds. The van der Waals surface area contributed by atoms with Crippen LogP contribution in [0.25, 0.3) is 0 Å². The monoisotopic (exact) mass is 788 g/mol. The lowest BCUT2D eigenvalue weighted by atomic mass is 9.70. The quantitative estimate of drug-likeness (QED) is 0.218. The van der Waals surface area contributed by atoms with E-state index in [-0.39, 0.29) is 58.9 Å². The second kappa shape index (κ2) is 18.9. The van der Waals surface area contributed by atoms with Crippen LogP contribution >= 0.6 is 0 Å². The second-order valence-electron chi connectivity index (χ2n) is 19.6. The van der Waals surface area contributed by atoms with Crippen LogP contribution < -0.4 is 0 Å². The summed E-state index contributed by atoms with van der Waals surface area (Å²) in [7, 11) is 5.06. The van der Waals surface area contributed by atoms with Gasteiger partial charge in [-0.2, -0.15) is 0 Å². The van der Waals surface area contributed by atoms with E-state index >= 15 is 0 Å². The molecule has 1 aliphatic carbocycles. The molecule has 10 heteroatoms. The number of Topliss-reactive ketones (excluding diaryl/α,β-unsaturated/α-hetero) is 1. The average molecular weight is 788 g/mol. The Morgan fingerprint density at radius 2 is 1.55 bits per heavy atom. The summed E-state index contributed by atoms with van der Waals surface area (Å²) in [6.07, 6.45) is 8.65. The number of aliphatic hydroxyl groups is 1. The maximum Gasteiger partial charge on any atom is 0.329 e. The number of carbonyl (C=O) groups excluding carboxylic acids is 3. The van der Waals surface area contributed by atoms with Gasteiger partial charge in [0.15, 0.2) is 5.79 Å². The lowest BCUT2D eigenvalue weighted by Gasteiger charge is -2.53. The van der Waals surface area contributed by atoms with Crippen molar-refractivity contribution in [3.63, 3.8) is 0 Å². The minimum absolute atomic E-state index is 0.0755. The van der Waals surface area contributed by atoms with Crippen molar-refractivity contribution in [3.05, 3.63) is 23.3 Å². The van der Waals surface area contributed by atoms with Crippen LogP contribution in [0.4, 0.5) is 0 Å². The van der Waals surface area contributed by atoms with E-state index in [1.807, 2.05) is 20.8 Å². The van der Waals surface area contributed by atoms with Crippen LogP contribution in [0.1, 0.15) is 134 Å². The molecular weight excluding hydrogens is 711 g/mol. The third kappa shape index (κ3) is 10.0. The van der Waals surface area contributed by atoms with Crippen molar-refractivity contribution in [3.8, 4) is 0 Å². The molecular formula is C46H77NO9. The number of allylic oxidation sites excluding steroid dienone is 3. The highest BCUT2D eigenvalue weighted by Gasteiger charge is 2.61. The molecule has 2 saturated heterocycles. The van der Waals surface area contributed by atoms with Crippen LogP contribution in [0.5, 0.6) is 0 Å². The molecule has 10 nitrogen and oxygen atoms in total. The number of methoxy groups -OCH3 is 3. The van der Waals surface area contributed by atoms with Gasteiger partial charge in [-0.15, -0.1) is 0 Å². The number of hydrogen-bond acceptors (Lipinski definition) is 9. The molecule has 4 aliphatic rings. The summed E-state index contributed by atoms with van der Waals surface area (Å²) in [5.41, 5.74) is 0.745. The molecule has 3 fully saturated rings. The number of ketones is 1. The summed E-state index contributed by atoms with van der Waals surface area (Å²) < 4.78 is 31.2. The molecule has 56 heavy (non-hydrogen) atoms. The van der Waals surface area contributed by atoms with E-state index in [0.717, 1.165) is 36.8 Å². The molecule has 2 bridgehead atoms. The van der Waals surface area contributed by atoms with Gasteiger partial charge >= 0.3 is 5.97 Å². The number of ether oxygens (including phenoxy) is 5. The first-order valence-electron chi connectivity index (χ1n) is 21.5. The van der Waals surface area contributed by atoms with Gasteiger partial charge < -0.3 is 33.7 Å². The first-order valence-corrected chi connectivity index (χ1v) is 21.5. The molecule has 13 atom stereocenters. The second-order valence-corrected chi connectivity index (χ2v) is 19.6. The van der Waals surface area contributed by atoms with Gasteiger partial charge in [0.25, 0.3) is 0 Å². The van der Waals surface area contributed by atoms with Crippen molar-refractivity contribution in [1.82, 2.24) is 4.90 Å². The van der Waals surface area contributed by atoms with Gasteiger partial charge in [0, 0.05) is 52.0 Å². The molecule has 0 aromatic carbocycles. The van der Waals surface area contributed by atoms with Crippen molar-refractivity contribution in [1.29, 1.82) is 0 Å². The van der Waals surface area contributed by atoms with E-state index in [1.165, 1.54) is 0 Å². The third-order valence-electron chi connectivity index (χ3n) is 14.4. The summed E-state index contributed by atoms with van der Waals surface area (Å²) in [6, 6.07) is -0.811. The van der Waals surface area contributed by atoms with Crippen molar-refractivity contribution in [2.24, 2.45) is 46.3 Å². The summed E-state index contributed by atoms with van der Waals surface area (Å²) >= 11 is 0. The van der Waals surface area contributed by atoms with Gasteiger partial charge in [0.2, 0.25) is 5.91 Å². The summed E-state index contributed by atoms with van der Waals surface area (Å²) in [4.78, 5) is 44.6. The minimum atomic E-state index is -1.87. The van der Waals surface area contributed by atoms with Gasteiger partial charge in [0.05, 0.1) is 23.7 Å². The predicted molar refractivity (Wildman–Crippen MR) is 219 cm³/mol. The van der Waals surface area contributed by atoms with Gasteiger partial charge in [-0.25, -0.2) is 4.79 Å². The van der Waals surface area contributed by atoms with E-state index < -0.39 is 47.4 Å². The van der Waals surface area contributed by atoms with E-state index in [0.29, 0.717) is 38.6 Å². The number of cyclic esters (lactones) is 1. The highest BCUT2D eigenvalue weighted by molar-refractivity contribution is 5.89. The summed E-state index contributed by atoms with van der Waals surface area (Å²) in [5.74, 6) is -3.05. The zero-order chi connectivity index (χ0) is 41.9. The number of hydrogen-bond donors (Lipinski definition) is 1. The molecule has 3 aliphatic heterocycles. The molecule has 1 saturated carbocycles. The topological polar surface area (TPSA) is 121 Å². The Morgan fingerprint density at radius 1 is 0.911 bits per heavy atom. The van der Waals surface area contributed by atoms with Gasteiger partial charge in [-0.05, 0) is 108 Å². The van der Waals surface area contributed by atoms with Gasteiger partial charge in [-0.3, -0.25) is 9.59 Å². The zero-order valence-corrected chi connectivity index (χ0v) is 37.3. The average Bonchev–Trinajstić information content (AvgIpc) is 3.63. The lowest BCUT2D eigenvalue weighted by Crippen LogP contribution is -2.66. The molecule has 0 aromatic rings. The number of rotatable bonds is 5. The number of esters is 1. The van der Waals surface area contributed by atoms with Crippen LogP contribution in [0.15, 0.2) is 23.3 Å². The molecule has 4 rings (SSSR count). The number of nitrogens with zero attached hydrogens (tertiary/aromatic N) is 1. The molecule has 0 aromatic heterocycles. The van der Waals surface area contributed by atoms with Crippen LogP contribution in [0, 0.1) is 46.3 Å². The molecule has 320 valence electrons. The maximum absolute atomic E-state index is 14.8. The van der Waals surface area contributed by atoms with Crippen molar-refractivity contribution in [2.45, 2.75) is 176 Å². The van der Waals surface area contributed by atoms with Crippen molar-refractivity contribution >= 4 is 17.7 Å². The Morgan fingerprint density at radius 3 is 2.18 bits per heavy atom. The molecule has 0 radical (unpaired) electrons. The highest BCUT2D eigenvalue weighted by Crippen LogP contribution is 2.48. The SMILES string of the molecule is COC1C[C@@H](C)C/C(C)=C/[C@@H](C)C(=O)CC(C)[C@@H](C)C(/C(C)=C/[C@@H]2CCC(C)(C)C(OC)C2)OC(=O)[C@@H]2CCCN2C(=O)C(C)(C)C2(O)OC1C(OC)C[C@H]2C. The van der Waals surface area contributed by atoms with Crippen LogP contribution in [-0.2, 0) is 38.1 Å². The number of fused-ring (bicyclic) bond motifs is 3. The lowest BCUT2D eigenvalue weighted by molar-refractivity contribution is -0.354. The molecule has 3 heterocycles. The normalized spacial score (nSPS) is 41.9. The Bertz CT molecular complexity index is 1440. The number of carbonyl (C=O) groups is 3. The van der Waals surface area contributed by atoms with Gasteiger partial charge in [-0.1, -0.05) is 66.2 Å². The Balaban J connectivity index is 1.76. The van der Waals surface area contributed by atoms with E-state index in [4.69, 9.17) is 23.7 Å². The standard InChI is InChI=1S/C46H77NO9/c1-27-20-28(2)22-37(52-12)41-38(53-13)25-32(6)46(51,56-41)45(10,11)43(50)47-19-15-16-35(47)42(49)55-40(33(7)29(3)24-36(48)30(4)21-27)31(5)23-34-17-18-44(8,9)39(26-34)54-14/h21,23,28-30,32-35,37-41,51H,15-20,22,24-26H2,1-14H3/b27-21+,31-23+/t28-,29?,30+,32+,33+,34-,35-,37?,38?,39?,40?,41?,46?/m0/s1. The first-order chi connectivity index (χ1) is 26.1. The van der Waals surface area contributed by atoms with E-state index in [2.05, 4.69) is 53.7 Å². The first kappa shape index (κ1) is 46.6. The fourth-order valence-electron chi connectivity index (χ4n) is 10.4. The van der Waals surface area contributed by atoms with E-state index in [9.17, 15) is 19.5 Å². The van der Waals surface area contributed by atoms with Crippen molar-refractivity contribution in [2.75, 3.05) is 27.9 Å². The Hall–Kier alpha value is -2.11. The van der Waals surface area contributed by atoms with Gasteiger partial charge in [0.1, 0.15) is 24.0 Å². The fraction of sp³-hybridized carbons (Fsp3) is 0.848.